The lowest BCUT2D eigenvalue weighted by atomic mass is 9.63. The van der Waals surface area contributed by atoms with E-state index < -0.39 is 71.3 Å². The first-order chi connectivity index (χ1) is 22.6. The van der Waals surface area contributed by atoms with Crippen molar-refractivity contribution in [2.45, 2.75) is 177 Å². The van der Waals surface area contributed by atoms with Crippen molar-refractivity contribution in [3.8, 4) is 0 Å². The van der Waals surface area contributed by atoms with Gasteiger partial charge in [-0.2, -0.15) is 0 Å². The molecule has 10 heteroatoms. The number of rotatable bonds is 6. The number of ketones is 1. The van der Waals surface area contributed by atoms with Gasteiger partial charge in [0.15, 0.2) is 0 Å². The van der Waals surface area contributed by atoms with Crippen LogP contribution in [-0.4, -0.2) is 84.2 Å². The normalized spacial score (nSPS) is 43.0. The van der Waals surface area contributed by atoms with Gasteiger partial charge in [0.2, 0.25) is 0 Å². The molecule has 4 N–H and O–H groups in total. The summed E-state index contributed by atoms with van der Waals surface area (Å²) in [7, 11) is 1.83. The molecular weight excluding hydrogens is 624 g/mol. The largest absolute Gasteiger partial charge is 0.458 e. The van der Waals surface area contributed by atoms with E-state index in [4.69, 9.17) is 24.7 Å². The highest BCUT2D eigenvalue weighted by Crippen LogP contribution is 2.45. The number of nitrogens with two attached hydrogens (primary N) is 1. The molecule has 0 spiro atoms. The van der Waals surface area contributed by atoms with Gasteiger partial charge in [-0.1, -0.05) is 75.7 Å². The summed E-state index contributed by atoms with van der Waals surface area (Å²) in [5, 5.41) is 14.0. The highest BCUT2D eigenvalue weighted by molar-refractivity contribution is 5.85. The number of esters is 2. The van der Waals surface area contributed by atoms with Crippen molar-refractivity contribution in [1.29, 1.82) is 0 Å². The molecule has 0 radical (unpaired) electrons. The molecule has 0 aromatic heterocycles. The molecule has 2 heterocycles. The lowest BCUT2D eigenvalue weighted by Crippen LogP contribution is -2.62. The van der Waals surface area contributed by atoms with Gasteiger partial charge >= 0.3 is 11.9 Å². The molecule has 2 aliphatic heterocycles. The number of carbonyl (C=O) groups excluding carboxylic acids is 3. The van der Waals surface area contributed by atoms with Gasteiger partial charge in [0.25, 0.3) is 0 Å². The maximum Gasteiger partial charge on any atom is 0.323 e. The Bertz CT molecular complexity index is 1070. The fourth-order valence-electron chi connectivity index (χ4n) is 7.95. The van der Waals surface area contributed by atoms with Crippen molar-refractivity contribution in [3.63, 3.8) is 0 Å². The predicted octanol–water partition coefficient (Wildman–Crippen LogP) is 6.09. The second-order valence-corrected chi connectivity index (χ2v) is 16.1. The second-order valence-electron chi connectivity index (χ2n) is 16.1. The van der Waals surface area contributed by atoms with E-state index >= 15 is 0 Å². The smallest absolute Gasteiger partial charge is 0.323 e. The number of cyclic esters (lactones) is 2. The first-order valence-electron chi connectivity index (χ1n) is 19.0. The van der Waals surface area contributed by atoms with Gasteiger partial charge in [0.05, 0.1) is 36.9 Å². The van der Waals surface area contributed by atoms with Crippen LogP contribution in [0.5, 0.6) is 0 Å². The van der Waals surface area contributed by atoms with Gasteiger partial charge in [-0.15, -0.1) is 0 Å². The molecule has 0 amide bonds. The first kappa shape index (κ1) is 45.4. The molecule has 0 bridgehead atoms. The Morgan fingerprint density at radius 3 is 1.98 bits per heavy atom. The summed E-state index contributed by atoms with van der Waals surface area (Å²) >= 11 is 0. The Morgan fingerprint density at radius 2 is 1.47 bits per heavy atom. The van der Waals surface area contributed by atoms with Crippen LogP contribution >= 0.6 is 0 Å². The molecule has 0 saturated carbocycles. The van der Waals surface area contributed by atoms with Crippen LogP contribution in [0.4, 0.5) is 0 Å². The van der Waals surface area contributed by atoms with Crippen molar-refractivity contribution in [3.05, 3.63) is 0 Å². The summed E-state index contributed by atoms with van der Waals surface area (Å²) < 4.78 is 24.9. The van der Waals surface area contributed by atoms with Crippen molar-refractivity contribution in [2.24, 2.45) is 46.7 Å². The van der Waals surface area contributed by atoms with Gasteiger partial charge in [-0.3, -0.25) is 14.4 Å². The van der Waals surface area contributed by atoms with Crippen molar-refractivity contribution in [2.75, 3.05) is 13.7 Å². The summed E-state index contributed by atoms with van der Waals surface area (Å²) in [5.41, 5.74) is 4.44. The molecule has 0 aliphatic carbocycles. The van der Waals surface area contributed by atoms with Crippen LogP contribution in [0, 0.1) is 40.9 Å². The standard InChI is InChI=1S/C37H68N2O8.C2H6/c1-15-28-35(10,11)47-34(43)29(38)21(4)22(5)30(40)20(3)17-36(12,16-2)25(8)23(6)31(24(7)33(42)46-28)44-19-27-18-37(13,39-14)32(41)26(9)45-27;1-2/h20-29,31-32,39,41H,15-19,38H2,1-14H3;1-2H3/t20-,21?,22?,23-,24?,25?,26?,27-,28-,29?,31+,32+,36-,37-;/m1./s1. The third-order valence-electron chi connectivity index (χ3n) is 12.4. The molecule has 49 heavy (non-hydrogen) atoms. The van der Waals surface area contributed by atoms with E-state index in [9.17, 15) is 19.5 Å². The van der Waals surface area contributed by atoms with Crippen molar-refractivity contribution in [1.82, 2.24) is 5.32 Å². The van der Waals surface area contributed by atoms with E-state index in [1.54, 1.807) is 13.8 Å². The Morgan fingerprint density at radius 1 is 0.898 bits per heavy atom. The molecule has 0 aromatic rings. The molecule has 288 valence electrons. The quantitative estimate of drug-likeness (QED) is 0.279. The van der Waals surface area contributed by atoms with Gasteiger partial charge in [-0.25, -0.2) is 0 Å². The lowest BCUT2D eigenvalue weighted by molar-refractivity contribution is -0.194. The molecule has 2 aliphatic rings. The summed E-state index contributed by atoms with van der Waals surface area (Å²) in [5.74, 6) is -2.83. The third-order valence-corrected chi connectivity index (χ3v) is 12.4. The molecule has 14 atom stereocenters. The van der Waals surface area contributed by atoms with E-state index in [-0.39, 0.29) is 41.7 Å². The molecule has 10 nitrogen and oxygen atoms in total. The van der Waals surface area contributed by atoms with Crippen molar-refractivity contribution >= 4 is 17.7 Å². The van der Waals surface area contributed by atoms with E-state index in [0.717, 1.165) is 6.42 Å². The SMILES string of the molecule is CC.CC[C@H]1OC(=O)C(C)[C@@H](OC[C@H]2C[C@@](C)(NC)[C@@H](O)C(C)O2)[C@H](C)C(C)[C@](C)(CC)C[C@@H](C)C(=O)C(C)C(C)C(N)C(=O)OC1(C)C. The molecule has 2 saturated heterocycles. The van der Waals surface area contributed by atoms with Gasteiger partial charge in [0.1, 0.15) is 23.5 Å². The van der Waals surface area contributed by atoms with Gasteiger partial charge < -0.3 is 35.1 Å². The third kappa shape index (κ3) is 10.7. The van der Waals surface area contributed by atoms with E-state index in [1.165, 1.54) is 0 Å². The number of aliphatic hydroxyl groups is 1. The molecule has 0 aromatic carbocycles. The van der Waals surface area contributed by atoms with E-state index in [1.807, 2.05) is 69.4 Å². The zero-order valence-corrected chi connectivity index (χ0v) is 33.8. The number of carbonyl (C=O) groups is 3. The highest BCUT2D eigenvalue weighted by Gasteiger charge is 2.47. The highest BCUT2D eigenvalue weighted by atomic mass is 16.6. The Labute approximate surface area is 298 Å². The minimum absolute atomic E-state index is 0.0626. The van der Waals surface area contributed by atoms with Crippen LogP contribution in [0.2, 0.25) is 0 Å². The summed E-state index contributed by atoms with van der Waals surface area (Å²) in [4.78, 5) is 41.1. The minimum atomic E-state index is -1.16. The first-order valence-corrected chi connectivity index (χ1v) is 19.0. The molecule has 6 unspecified atom stereocenters. The van der Waals surface area contributed by atoms with Crippen LogP contribution in [0.15, 0.2) is 0 Å². The van der Waals surface area contributed by atoms with Gasteiger partial charge in [0, 0.05) is 17.4 Å². The molecule has 2 fully saturated rings. The molecule has 2 rings (SSSR count). The number of likely N-dealkylation sites (N-methyl/N-ethyl adjacent to an activating group) is 1. The number of hydrogen-bond donors (Lipinski definition) is 3. The summed E-state index contributed by atoms with van der Waals surface area (Å²) in [6.45, 7) is 29.5. The maximum absolute atomic E-state index is 14.0. The van der Waals surface area contributed by atoms with Crippen LogP contribution < -0.4 is 11.1 Å². The zero-order valence-electron chi connectivity index (χ0n) is 33.8. The fraction of sp³-hybridized carbons (Fsp3) is 0.923. The monoisotopic (exact) mass is 699 g/mol. The van der Waals surface area contributed by atoms with E-state index in [2.05, 4.69) is 33.0 Å². The minimum Gasteiger partial charge on any atom is -0.458 e. The predicted molar refractivity (Wildman–Crippen MR) is 195 cm³/mol. The maximum atomic E-state index is 14.0. The summed E-state index contributed by atoms with van der Waals surface area (Å²) in [6.07, 6.45) is -0.223. The summed E-state index contributed by atoms with van der Waals surface area (Å²) in [6, 6.07) is -1.01. The number of nitrogens with one attached hydrogen (secondary N) is 1. The molecular formula is C39H74N2O8. The Hall–Kier alpha value is -1.59. The van der Waals surface area contributed by atoms with Crippen LogP contribution in [0.25, 0.3) is 0 Å². The zero-order chi connectivity index (χ0) is 38.2. The van der Waals surface area contributed by atoms with Gasteiger partial charge in [-0.05, 0) is 84.1 Å². The van der Waals surface area contributed by atoms with Crippen LogP contribution in [-0.2, 0) is 33.3 Å². The second kappa shape index (κ2) is 18.8. The Kier molecular flexibility index (Phi) is 17.4. The average Bonchev–Trinajstić information content (AvgIpc) is 3.07. The van der Waals surface area contributed by atoms with Crippen LogP contribution in [0.1, 0.15) is 130 Å². The number of hydrogen-bond acceptors (Lipinski definition) is 10. The fourth-order valence-corrected chi connectivity index (χ4v) is 7.95. The lowest BCUT2D eigenvalue weighted by Gasteiger charge is -2.46. The topological polar surface area (TPSA) is 146 Å². The van der Waals surface area contributed by atoms with Crippen LogP contribution in [0.3, 0.4) is 0 Å². The van der Waals surface area contributed by atoms with E-state index in [0.29, 0.717) is 19.3 Å². The van der Waals surface area contributed by atoms with Crippen molar-refractivity contribution < 1.29 is 38.4 Å². The number of ether oxygens (including phenoxy) is 4. The number of Topliss-reactive ketones (excluding diaryl/α,β-unsaturated/α-hetero) is 1. The number of aliphatic hydroxyl groups excluding tert-OH is 1. The average molecular weight is 699 g/mol. The Balaban J connectivity index is 0.00000589.